The van der Waals surface area contributed by atoms with Gasteiger partial charge in [0.1, 0.15) is 0 Å². The third kappa shape index (κ3) is 3.59. The summed E-state index contributed by atoms with van der Waals surface area (Å²) in [5.74, 6) is 0. The Kier molecular flexibility index (Phi) is 4.70. The van der Waals surface area contributed by atoms with E-state index in [-0.39, 0.29) is 27.1 Å². The van der Waals surface area contributed by atoms with E-state index in [1.54, 1.807) is 7.11 Å². The van der Waals surface area contributed by atoms with Crippen LogP contribution in [0.3, 0.4) is 0 Å². The summed E-state index contributed by atoms with van der Waals surface area (Å²) in [6.45, 7) is 1.13. The van der Waals surface area contributed by atoms with Crippen molar-refractivity contribution in [1.29, 1.82) is 0 Å². The van der Waals surface area contributed by atoms with E-state index >= 15 is 0 Å². The Labute approximate surface area is 122 Å². The lowest BCUT2D eigenvalue weighted by molar-refractivity contribution is 0.103. The summed E-state index contributed by atoms with van der Waals surface area (Å²) in [5, 5.41) is 3.62. The minimum Gasteiger partial charge on any atom is -0.378 e. The number of methoxy groups -OCH3 is 1. The van der Waals surface area contributed by atoms with E-state index < -0.39 is 10.0 Å². The van der Waals surface area contributed by atoms with Gasteiger partial charge in [-0.15, -0.1) is 0 Å². The second kappa shape index (κ2) is 5.95. The fourth-order valence-corrected chi connectivity index (χ4v) is 3.96. The van der Waals surface area contributed by atoms with Gasteiger partial charge in [-0.2, -0.15) is 0 Å². The zero-order valence-electron chi connectivity index (χ0n) is 10.2. The van der Waals surface area contributed by atoms with E-state index in [2.05, 4.69) is 10.0 Å². The zero-order valence-corrected chi connectivity index (χ0v) is 12.5. The number of hydrogen-bond acceptors (Lipinski definition) is 4. The van der Waals surface area contributed by atoms with Crippen molar-refractivity contribution in [3.63, 3.8) is 0 Å². The van der Waals surface area contributed by atoms with Gasteiger partial charge in [0.2, 0.25) is 10.0 Å². The van der Waals surface area contributed by atoms with Crippen LogP contribution in [0.5, 0.6) is 0 Å². The monoisotopic (exact) mass is 324 g/mol. The number of hydrogen-bond donors (Lipinski definition) is 2. The van der Waals surface area contributed by atoms with Crippen LogP contribution < -0.4 is 10.0 Å². The largest absolute Gasteiger partial charge is 0.378 e. The molecule has 19 heavy (non-hydrogen) atoms. The predicted octanol–water partition coefficient (Wildman–Crippen LogP) is 1.26. The smallest absolute Gasteiger partial charge is 0.241 e. The predicted molar refractivity (Wildman–Crippen MR) is 74.2 cm³/mol. The van der Waals surface area contributed by atoms with Gasteiger partial charge in [-0.1, -0.05) is 23.2 Å². The Balaban J connectivity index is 2.22. The Morgan fingerprint density at radius 1 is 1.26 bits per heavy atom. The molecule has 0 amide bonds. The first-order valence-electron chi connectivity index (χ1n) is 5.64. The van der Waals surface area contributed by atoms with Gasteiger partial charge in [-0.3, -0.25) is 0 Å². The summed E-state index contributed by atoms with van der Waals surface area (Å²) in [6.07, 6.45) is -0.190. The molecule has 2 N–H and O–H groups in total. The number of nitrogens with one attached hydrogen (secondary N) is 2. The molecule has 0 bridgehead atoms. The SMILES string of the molecule is CO[C@H]1CNCC1NS(=O)(=O)c1cc(Cl)cc(Cl)c1. The van der Waals surface area contributed by atoms with Crippen molar-refractivity contribution in [2.24, 2.45) is 0 Å². The Morgan fingerprint density at radius 2 is 1.89 bits per heavy atom. The molecule has 1 aliphatic rings. The van der Waals surface area contributed by atoms with Gasteiger partial charge >= 0.3 is 0 Å². The summed E-state index contributed by atoms with van der Waals surface area (Å²) >= 11 is 11.6. The van der Waals surface area contributed by atoms with E-state index in [1.165, 1.54) is 18.2 Å². The van der Waals surface area contributed by atoms with E-state index in [0.717, 1.165) is 0 Å². The second-order valence-electron chi connectivity index (χ2n) is 4.27. The molecule has 0 spiro atoms. The van der Waals surface area contributed by atoms with E-state index in [4.69, 9.17) is 27.9 Å². The summed E-state index contributed by atoms with van der Waals surface area (Å²) in [7, 11) is -2.12. The molecule has 1 aromatic rings. The van der Waals surface area contributed by atoms with Crippen LogP contribution in [0.25, 0.3) is 0 Å². The molecule has 0 aliphatic carbocycles. The molecule has 0 saturated carbocycles. The third-order valence-electron chi connectivity index (χ3n) is 2.91. The first-order chi connectivity index (χ1) is 8.92. The van der Waals surface area contributed by atoms with Crippen LogP contribution in [0.1, 0.15) is 0 Å². The highest BCUT2D eigenvalue weighted by atomic mass is 35.5. The third-order valence-corrected chi connectivity index (χ3v) is 4.82. The maximum Gasteiger partial charge on any atom is 0.241 e. The number of benzene rings is 1. The van der Waals surface area contributed by atoms with E-state index in [9.17, 15) is 8.42 Å². The molecule has 1 fully saturated rings. The normalized spacial score (nSPS) is 23.7. The highest BCUT2D eigenvalue weighted by Crippen LogP contribution is 2.22. The molecular formula is C11H14Cl2N2O3S. The molecule has 2 rings (SSSR count). The maximum atomic E-state index is 12.2. The number of halogens is 2. The molecule has 1 unspecified atom stereocenters. The van der Waals surface area contributed by atoms with Crippen molar-refractivity contribution in [3.8, 4) is 0 Å². The van der Waals surface area contributed by atoms with Crippen LogP contribution in [-0.2, 0) is 14.8 Å². The molecule has 0 aromatic heterocycles. The summed E-state index contributed by atoms with van der Waals surface area (Å²) in [5.41, 5.74) is 0. The molecule has 106 valence electrons. The van der Waals surface area contributed by atoms with Gasteiger partial charge in [0.05, 0.1) is 17.0 Å². The zero-order chi connectivity index (χ0) is 14.0. The highest BCUT2D eigenvalue weighted by Gasteiger charge is 2.31. The fourth-order valence-electron chi connectivity index (χ4n) is 1.97. The summed E-state index contributed by atoms with van der Waals surface area (Å²) in [4.78, 5) is 0.0479. The Hall–Kier alpha value is -0.370. The van der Waals surface area contributed by atoms with Gasteiger partial charge in [-0.25, -0.2) is 13.1 Å². The average molecular weight is 325 g/mol. The van der Waals surface area contributed by atoms with Crippen LogP contribution in [0, 0.1) is 0 Å². The van der Waals surface area contributed by atoms with Crippen LogP contribution in [0.15, 0.2) is 23.1 Å². The van der Waals surface area contributed by atoms with Gasteiger partial charge in [-0.05, 0) is 18.2 Å². The standard InChI is InChI=1S/C11H14Cl2N2O3S/c1-18-11-6-14-5-10(11)15-19(16,17)9-3-7(12)2-8(13)4-9/h2-4,10-11,14-15H,5-6H2,1H3/t10?,11-/m0/s1. The average Bonchev–Trinajstić information content (AvgIpc) is 2.74. The summed E-state index contributed by atoms with van der Waals surface area (Å²) < 4.78 is 32.3. The number of rotatable bonds is 4. The Morgan fingerprint density at radius 3 is 2.47 bits per heavy atom. The minimum absolute atomic E-state index is 0.0479. The number of ether oxygens (including phenoxy) is 1. The van der Waals surface area contributed by atoms with Crippen LogP contribution >= 0.6 is 23.2 Å². The molecule has 8 heteroatoms. The summed E-state index contributed by atoms with van der Waals surface area (Å²) in [6, 6.07) is 3.89. The van der Waals surface area contributed by atoms with E-state index in [1.807, 2.05) is 0 Å². The lowest BCUT2D eigenvalue weighted by Gasteiger charge is -2.18. The fraction of sp³-hybridized carbons (Fsp3) is 0.455. The topological polar surface area (TPSA) is 67.4 Å². The quantitative estimate of drug-likeness (QED) is 0.875. The lowest BCUT2D eigenvalue weighted by Crippen LogP contribution is -2.43. The van der Waals surface area contributed by atoms with E-state index in [0.29, 0.717) is 13.1 Å². The van der Waals surface area contributed by atoms with Crippen molar-refractivity contribution < 1.29 is 13.2 Å². The van der Waals surface area contributed by atoms with Gasteiger partial charge in [0, 0.05) is 30.2 Å². The van der Waals surface area contributed by atoms with Crippen molar-refractivity contribution in [2.75, 3.05) is 20.2 Å². The molecule has 1 aliphatic heterocycles. The first-order valence-corrected chi connectivity index (χ1v) is 7.88. The van der Waals surface area contributed by atoms with Crippen LogP contribution in [0.2, 0.25) is 10.0 Å². The molecule has 1 saturated heterocycles. The lowest BCUT2D eigenvalue weighted by atomic mass is 10.2. The molecule has 1 aromatic carbocycles. The second-order valence-corrected chi connectivity index (χ2v) is 6.85. The molecule has 5 nitrogen and oxygen atoms in total. The first kappa shape index (κ1) is 15.0. The maximum absolute atomic E-state index is 12.2. The van der Waals surface area contributed by atoms with Gasteiger partial charge in [0.25, 0.3) is 0 Å². The molecule has 2 atom stereocenters. The van der Waals surface area contributed by atoms with Crippen molar-refractivity contribution in [1.82, 2.24) is 10.0 Å². The number of sulfonamides is 1. The van der Waals surface area contributed by atoms with Crippen molar-refractivity contribution >= 4 is 33.2 Å². The van der Waals surface area contributed by atoms with Crippen molar-refractivity contribution in [2.45, 2.75) is 17.0 Å². The molecule has 1 heterocycles. The van der Waals surface area contributed by atoms with Crippen LogP contribution in [-0.4, -0.2) is 40.8 Å². The van der Waals surface area contributed by atoms with Crippen LogP contribution in [0.4, 0.5) is 0 Å². The molecule has 0 radical (unpaired) electrons. The Bertz CT molecular complexity index is 545. The highest BCUT2D eigenvalue weighted by molar-refractivity contribution is 7.89. The van der Waals surface area contributed by atoms with Gasteiger partial charge in [0.15, 0.2) is 0 Å². The van der Waals surface area contributed by atoms with Gasteiger partial charge < -0.3 is 10.1 Å². The minimum atomic E-state index is -3.67. The molecular weight excluding hydrogens is 311 g/mol. The van der Waals surface area contributed by atoms with Crippen molar-refractivity contribution in [3.05, 3.63) is 28.2 Å².